The zero-order chi connectivity index (χ0) is 17.9. The summed E-state index contributed by atoms with van der Waals surface area (Å²) in [5, 5.41) is 9.29. The monoisotopic (exact) mass is 354 g/mol. The van der Waals surface area contributed by atoms with Crippen molar-refractivity contribution in [1.82, 2.24) is 9.80 Å². The topological polar surface area (TPSA) is 59.8 Å². The van der Waals surface area contributed by atoms with Crippen LogP contribution in [-0.2, 0) is 9.53 Å². The molecule has 1 aliphatic carbocycles. The summed E-state index contributed by atoms with van der Waals surface area (Å²) >= 11 is 0. The van der Waals surface area contributed by atoms with Crippen LogP contribution in [0, 0.1) is 17.2 Å². The Hall–Kier alpha value is -2.10. The maximum atomic E-state index is 12.8. The number of rotatable bonds is 4. The molecule has 138 valence electrons. The number of para-hydroxylation sites is 1. The fourth-order valence-corrected chi connectivity index (χ4v) is 4.08. The fourth-order valence-electron chi connectivity index (χ4n) is 4.08. The largest absolute Gasteiger partial charge is 0.377 e. The highest BCUT2D eigenvalue weighted by atomic mass is 16.5. The van der Waals surface area contributed by atoms with E-state index in [1.807, 2.05) is 24.3 Å². The molecule has 1 saturated carbocycles. The zero-order valence-corrected chi connectivity index (χ0v) is 15.1. The number of nitriles is 1. The zero-order valence-electron chi connectivity index (χ0n) is 15.1. The number of benzene rings is 1. The highest BCUT2D eigenvalue weighted by Crippen LogP contribution is 2.36. The summed E-state index contributed by atoms with van der Waals surface area (Å²) in [5.74, 6) is 0.898. The first kappa shape index (κ1) is 17.3. The number of carbonyl (C=O) groups is 1. The Kier molecular flexibility index (Phi) is 5.09. The van der Waals surface area contributed by atoms with E-state index in [9.17, 15) is 10.1 Å². The molecule has 3 fully saturated rings. The van der Waals surface area contributed by atoms with Crippen LogP contribution in [0.3, 0.4) is 0 Å². The molecule has 1 amide bonds. The van der Waals surface area contributed by atoms with Crippen LogP contribution in [-0.4, -0.2) is 74.2 Å². The van der Waals surface area contributed by atoms with Gasteiger partial charge in [-0.2, -0.15) is 5.26 Å². The van der Waals surface area contributed by atoms with E-state index in [1.165, 1.54) is 12.8 Å². The first-order chi connectivity index (χ1) is 12.8. The lowest BCUT2D eigenvalue weighted by atomic mass is 10.1. The quantitative estimate of drug-likeness (QED) is 0.816. The first-order valence-corrected chi connectivity index (χ1v) is 9.60. The summed E-state index contributed by atoms with van der Waals surface area (Å²) in [7, 11) is 0. The molecule has 0 spiro atoms. The van der Waals surface area contributed by atoms with E-state index in [1.54, 1.807) is 0 Å². The number of carbonyl (C=O) groups excluding carboxylic acids is 1. The number of ether oxygens (including phenoxy) is 1. The molecule has 26 heavy (non-hydrogen) atoms. The van der Waals surface area contributed by atoms with Crippen molar-refractivity contribution < 1.29 is 9.53 Å². The number of morpholine rings is 1. The van der Waals surface area contributed by atoms with Crippen LogP contribution in [0.1, 0.15) is 18.4 Å². The van der Waals surface area contributed by atoms with Crippen LogP contribution < -0.4 is 4.90 Å². The summed E-state index contributed by atoms with van der Waals surface area (Å²) in [5.41, 5.74) is 1.72. The highest BCUT2D eigenvalue weighted by molar-refractivity contribution is 5.79. The molecule has 3 aliphatic rings. The summed E-state index contributed by atoms with van der Waals surface area (Å²) in [6.07, 6.45) is 2.46. The predicted molar refractivity (Wildman–Crippen MR) is 98.9 cm³/mol. The molecule has 0 N–H and O–H groups in total. The van der Waals surface area contributed by atoms with Gasteiger partial charge in [0.2, 0.25) is 5.91 Å². The van der Waals surface area contributed by atoms with Gasteiger partial charge in [-0.1, -0.05) is 12.1 Å². The van der Waals surface area contributed by atoms with Crippen molar-refractivity contribution in [2.45, 2.75) is 18.9 Å². The van der Waals surface area contributed by atoms with Crippen LogP contribution in [0.25, 0.3) is 0 Å². The van der Waals surface area contributed by atoms with Gasteiger partial charge in [-0.05, 0) is 30.9 Å². The van der Waals surface area contributed by atoms with E-state index in [0.29, 0.717) is 31.7 Å². The van der Waals surface area contributed by atoms with Gasteiger partial charge in [-0.25, -0.2) is 0 Å². The highest BCUT2D eigenvalue weighted by Gasteiger charge is 2.39. The molecule has 1 aromatic carbocycles. The van der Waals surface area contributed by atoms with Crippen molar-refractivity contribution in [1.29, 1.82) is 5.26 Å². The van der Waals surface area contributed by atoms with Gasteiger partial charge in [0.25, 0.3) is 0 Å². The van der Waals surface area contributed by atoms with Crippen LogP contribution in [0.2, 0.25) is 0 Å². The molecule has 6 heteroatoms. The van der Waals surface area contributed by atoms with Gasteiger partial charge in [0.05, 0.1) is 37.1 Å². The summed E-state index contributed by atoms with van der Waals surface area (Å²) in [6.45, 7) is 5.99. The van der Waals surface area contributed by atoms with E-state index < -0.39 is 0 Å². The Morgan fingerprint density at radius 1 is 1.15 bits per heavy atom. The summed E-state index contributed by atoms with van der Waals surface area (Å²) in [6, 6.07) is 10.3. The smallest absolute Gasteiger partial charge is 0.237 e. The number of hydrogen-bond acceptors (Lipinski definition) is 5. The second-order valence-corrected chi connectivity index (χ2v) is 7.46. The van der Waals surface area contributed by atoms with E-state index >= 15 is 0 Å². The number of anilines is 1. The van der Waals surface area contributed by atoms with Crippen LogP contribution >= 0.6 is 0 Å². The molecule has 0 bridgehead atoms. The third kappa shape index (κ3) is 3.69. The molecule has 0 aromatic heterocycles. The van der Waals surface area contributed by atoms with Gasteiger partial charge in [-0.15, -0.1) is 0 Å². The van der Waals surface area contributed by atoms with E-state index in [2.05, 4.69) is 20.8 Å². The minimum atomic E-state index is 0.246. The summed E-state index contributed by atoms with van der Waals surface area (Å²) in [4.78, 5) is 19.4. The number of piperazine rings is 1. The number of hydrogen-bond donors (Lipinski definition) is 0. The maximum absolute atomic E-state index is 12.8. The van der Waals surface area contributed by atoms with Crippen molar-refractivity contribution in [2.75, 3.05) is 57.4 Å². The lowest BCUT2D eigenvalue weighted by Gasteiger charge is -2.39. The van der Waals surface area contributed by atoms with Crippen molar-refractivity contribution in [3.8, 4) is 6.07 Å². The molecule has 2 saturated heterocycles. The molecule has 1 atom stereocenters. The molecule has 2 heterocycles. The number of amides is 1. The van der Waals surface area contributed by atoms with Crippen molar-refractivity contribution in [3.05, 3.63) is 29.8 Å². The first-order valence-electron chi connectivity index (χ1n) is 9.60. The molecule has 6 nitrogen and oxygen atoms in total. The van der Waals surface area contributed by atoms with E-state index in [0.717, 1.165) is 44.0 Å². The lowest BCUT2D eigenvalue weighted by molar-refractivity contribution is -0.142. The van der Waals surface area contributed by atoms with Crippen LogP contribution in [0.4, 0.5) is 5.69 Å². The SMILES string of the molecule is N#Cc1ccccc1N1CCN(CC(=O)N2CCOCC2C2CC2)CC1. The third-order valence-corrected chi connectivity index (χ3v) is 5.75. The Morgan fingerprint density at radius 3 is 2.65 bits per heavy atom. The van der Waals surface area contributed by atoms with Gasteiger partial charge in [0.1, 0.15) is 6.07 Å². The Bertz CT molecular complexity index is 689. The molecule has 1 aromatic rings. The molecular weight excluding hydrogens is 328 g/mol. The standard InChI is InChI=1S/C20H26N4O2/c21-13-17-3-1-2-4-18(17)23-9-7-22(8-10-23)14-20(25)24-11-12-26-15-19(24)16-5-6-16/h1-4,16,19H,5-12,14-15H2. The van der Waals surface area contributed by atoms with E-state index in [4.69, 9.17) is 4.74 Å². The third-order valence-electron chi connectivity index (χ3n) is 5.75. The van der Waals surface area contributed by atoms with Gasteiger partial charge < -0.3 is 14.5 Å². The normalized spacial score (nSPS) is 24.3. The van der Waals surface area contributed by atoms with Gasteiger partial charge in [-0.3, -0.25) is 9.69 Å². The van der Waals surface area contributed by atoms with Crippen LogP contribution in [0.5, 0.6) is 0 Å². The fraction of sp³-hybridized carbons (Fsp3) is 0.600. The minimum absolute atomic E-state index is 0.246. The Labute approximate surface area is 154 Å². The second-order valence-electron chi connectivity index (χ2n) is 7.46. The molecule has 4 rings (SSSR count). The second kappa shape index (κ2) is 7.65. The molecular formula is C20H26N4O2. The van der Waals surface area contributed by atoms with Gasteiger partial charge in [0, 0.05) is 32.7 Å². The Morgan fingerprint density at radius 2 is 1.92 bits per heavy atom. The number of nitrogens with zero attached hydrogens (tertiary/aromatic N) is 4. The van der Waals surface area contributed by atoms with Gasteiger partial charge in [0.15, 0.2) is 0 Å². The minimum Gasteiger partial charge on any atom is -0.377 e. The average Bonchev–Trinajstić information content (AvgIpc) is 3.54. The summed E-state index contributed by atoms with van der Waals surface area (Å²) < 4.78 is 5.60. The van der Waals surface area contributed by atoms with Crippen LogP contribution in [0.15, 0.2) is 24.3 Å². The molecule has 1 unspecified atom stereocenters. The molecule has 2 aliphatic heterocycles. The molecule has 0 radical (unpaired) electrons. The predicted octanol–water partition coefficient (Wildman–Crippen LogP) is 1.32. The maximum Gasteiger partial charge on any atom is 0.237 e. The Balaban J connectivity index is 1.32. The lowest BCUT2D eigenvalue weighted by Crippen LogP contribution is -2.55. The van der Waals surface area contributed by atoms with Crippen molar-refractivity contribution in [2.24, 2.45) is 5.92 Å². The van der Waals surface area contributed by atoms with Gasteiger partial charge >= 0.3 is 0 Å². The average molecular weight is 354 g/mol. The van der Waals surface area contributed by atoms with E-state index in [-0.39, 0.29) is 5.91 Å². The van der Waals surface area contributed by atoms with Crippen molar-refractivity contribution >= 4 is 11.6 Å². The van der Waals surface area contributed by atoms with Crippen molar-refractivity contribution in [3.63, 3.8) is 0 Å².